The Bertz CT molecular complexity index is 224. The van der Waals surface area contributed by atoms with Gasteiger partial charge in [-0.05, 0) is 6.42 Å². The number of carboxylic acids is 2. The van der Waals surface area contributed by atoms with Crippen LogP contribution in [0.15, 0.2) is 0 Å². The van der Waals surface area contributed by atoms with Crippen LogP contribution in [0.2, 0.25) is 0 Å². The first-order valence-electron chi connectivity index (χ1n) is 3.41. The molecule has 1 unspecified atom stereocenters. The minimum atomic E-state index is -5.08. The molecule has 0 rings (SSSR count). The third kappa shape index (κ3) is 6.23. The lowest BCUT2D eigenvalue weighted by Crippen LogP contribution is -2.31. The summed E-state index contributed by atoms with van der Waals surface area (Å²) in [5.74, 6) is -3.23. The maximum absolute atomic E-state index is 11.6. The Kier molecular flexibility index (Phi) is 4.35. The molecule has 0 aromatic heterocycles. The van der Waals surface area contributed by atoms with E-state index >= 15 is 0 Å². The van der Waals surface area contributed by atoms with E-state index in [0.29, 0.717) is 0 Å². The highest BCUT2D eigenvalue weighted by atomic mass is 19.4. The van der Waals surface area contributed by atoms with E-state index in [4.69, 9.17) is 10.2 Å². The van der Waals surface area contributed by atoms with Crippen molar-refractivity contribution in [1.82, 2.24) is 0 Å². The summed E-state index contributed by atoms with van der Waals surface area (Å²) in [7, 11) is 0. The maximum Gasteiger partial charge on any atom is 0.523 e. The fraction of sp³-hybridized carbons (Fsp3) is 0.667. The molecule has 8 heteroatoms. The van der Waals surface area contributed by atoms with Crippen LogP contribution in [0.25, 0.3) is 0 Å². The van der Waals surface area contributed by atoms with Crippen molar-refractivity contribution in [3.8, 4) is 0 Å². The highest BCUT2D eigenvalue weighted by molar-refractivity contribution is 5.74. The number of hydrogen-bond donors (Lipinski definition) is 2. The monoisotopic (exact) mass is 216 g/mol. The molecule has 0 heterocycles. The number of hydrogen-bond acceptors (Lipinski definition) is 3. The van der Waals surface area contributed by atoms with Crippen LogP contribution in [0.3, 0.4) is 0 Å². The van der Waals surface area contributed by atoms with E-state index < -0.39 is 37.2 Å². The lowest BCUT2D eigenvalue weighted by atomic mass is 10.2. The largest absolute Gasteiger partial charge is 0.523 e. The van der Waals surface area contributed by atoms with E-state index in [0.717, 1.165) is 0 Å². The minimum Gasteiger partial charge on any atom is -0.481 e. The zero-order valence-electron chi connectivity index (χ0n) is 6.74. The van der Waals surface area contributed by atoms with Gasteiger partial charge in [-0.1, -0.05) is 0 Å². The van der Waals surface area contributed by atoms with Gasteiger partial charge in [-0.2, -0.15) is 0 Å². The molecule has 0 aliphatic rings. The van der Waals surface area contributed by atoms with E-state index in [1.54, 1.807) is 0 Å². The molecule has 0 saturated carbocycles. The Morgan fingerprint density at radius 3 is 2.07 bits per heavy atom. The third-order valence-electron chi connectivity index (χ3n) is 1.17. The van der Waals surface area contributed by atoms with E-state index in [1.165, 1.54) is 0 Å². The van der Waals surface area contributed by atoms with Gasteiger partial charge in [0, 0.05) is 6.42 Å². The lowest BCUT2D eigenvalue weighted by molar-refractivity contribution is -0.340. The van der Waals surface area contributed by atoms with Crippen molar-refractivity contribution in [3.63, 3.8) is 0 Å². The fourth-order valence-corrected chi connectivity index (χ4v) is 0.649. The highest BCUT2D eigenvalue weighted by Gasteiger charge is 2.36. The molecular formula is C6H7F3O5. The Hall–Kier alpha value is -1.31. The standard InChI is InChI=1S/C6H7F3O5/c7-6(8,9)14-3(5(12)13)1-2-4(10)11/h3H,1-2H2,(H,10,11)(H,12,13). The predicted molar refractivity (Wildman–Crippen MR) is 35.4 cm³/mol. The average molecular weight is 216 g/mol. The Morgan fingerprint density at radius 1 is 1.29 bits per heavy atom. The molecule has 0 radical (unpaired) electrons. The molecule has 0 aromatic rings. The number of rotatable bonds is 5. The van der Waals surface area contributed by atoms with Crippen LogP contribution in [-0.4, -0.2) is 34.6 Å². The van der Waals surface area contributed by atoms with Crippen molar-refractivity contribution in [3.05, 3.63) is 0 Å². The van der Waals surface area contributed by atoms with Crippen LogP contribution in [-0.2, 0) is 14.3 Å². The number of aliphatic carboxylic acids is 2. The van der Waals surface area contributed by atoms with Gasteiger partial charge in [0.05, 0.1) is 0 Å². The molecule has 14 heavy (non-hydrogen) atoms. The van der Waals surface area contributed by atoms with Crippen molar-refractivity contribution in [1.29, 1.82) is 0 Å². The fourth-order valence-electron chi connectivity index (χ4n) is 0.649. The molecule has 82 valence electrons. The van der Waals surface area contributed by atoms with E-state index in [-0.39, 0.29) is 0 Å². The molecule has 0 bridgehead atoms. The Balaban J connectivity index is 4.17. The maximum atomic E-state index is 11.6. The van der Waals surface area contributed by atoms with E-state index in [2.05, 4.69) is 4.74 Å². The summed E-state index contributed by atoms with van der Waals surface area (Å²) in [5.41, 5.74) is 0. The Morgan fingerprint density at radius 2 is 1.79 bits per heavy atom. The van der Waals surface area contributed by atoms with Crippen molar-refractivity contribution < 1.29 is 37.7 Å². The number of carboxylic acid groups (broad SMARTS) is 2. The topological polar surface area (TPSA) is 83.8 Å². The quantitative estimate of drug-likeness (QED) is 0.711. The van der Waals surface area contributed by atoms with Crippen molar-refractivity contribution in [2.45, 2.75) is 25.3 Å². The van der Waals surface area contributed by atoms with Gasteiger partial charge in [-0.15, -0.1) is 13.2 Å². The second-order valence-electron chi connectivity index (χ2n) is 2.32. The van der Waals surface area contributed by atoms with Crippen LogP contribution < -0.4 is 0 Å². The lowest BCUT2D eigenvalue weighted by Gasteiger charge is -2.14. The minimum absolute atomic E-state index is 0.701. The summed E-state index contributed by atoms with van der Waals surface area (Å²) in [5, 5.41) is 16.3. The first-order chi connectivity index (χ1) is 6.22. The molecule has 0 aliphatic carbocycles. The van der Waals surface area contributed by atoms with Crippen LogP contribution in [0.5, 0.6) is 0 Å². The molecule has 0 amide bonds. The van der Waals surface area contributed by atoms with Gasteiger partial charge in [-0.3, -0.25) is 9.53 Å². The van der Waals surface area contributed by atoms with Gasteiger partial charge in [0.15, 0.2) is 6.10 Å². The number of halogens is 3. The summed E-state index contributed by atoms with van der Waals surface area (Å²) in [4.78, 5) is 20.1. The van der Waals surface area contributed by atoms with Crippen molar-refractivity contribution in [2.75, 3.05) is 0 Å². The van der Waals surface area contributed by atoms with Gasteiger partial charge < -0.3 is 10.2 Å². The summed E-state index contributed by atoms with van der Waals surface area (Å²) in [6, 6.07) is 0. The average Bonchev–Trinajstić information content (AvgIpc) is 1.94. The molecule has 0 aromatic carbocycles. The highest BCUT2D eigenvalue weighted by Crippen LogP contribution is 2.20. The predicted octanol–water partition coefficient (Wildman–Crippen LogP) is 0.841. The molecule has 1 atom stereocenters. The SMILES string of the molecule is O=C(O)CCC(OC(F)(F)F)C(=O)O. The summed E-state index contributed by atoms with van der Waals surface area (Å²) in [6.07, 6.45) is -8.69. The van der Waals surface area contributed by atoms with Gasteiger partial charge >= 0.3 is 18.3 Å². The summed E-state index contributed by atoms with van der Waals surface area (Å²) >= 11 is 0. The third-order valence-corrected chi connectivity index (χ3v) is 1.17. The summed E-state index contributed by atoms with van der Waals surface area (Å²) in [6.45, 7) is 0. The van der Waals surface area contributed by atoms with Gasteiger partial charge in [0.2, 0.25) is 0 Å². The van der Waals surface area contributed by atoms with E-state index in [1.807, 2.05) is 0 Å². The van der Waals surface area contributed by atoms with Gasteiger partial charge in [0.1, 0.15) is 0 Å². The van der Waals surface area contributed by atoms with Gasteiger partial charge in [-0.25, -0.2) is 4.79 Å². The number of ether oxygens (including phenoxy) is 1. The molecule has 0 fully saturated rings. The van der Waals surface area contributed by atoms with Crippen LogP contribution in [0.1, 0.15) is 12.8 Å². The van der Waals surface area contributed by atoms with Crippen molar-refractivity contribution in [2.24, 2.45) is 0 Å². The van der Waals surface area contributed by atoms with E-state index in [9.17, 15) is 22.8 Å². The molecule has 5 nitrogen and oxygen atoms in total. The molecular weight excluding hydrogens is 209 g/mol. The second kappa shape index (κ2) is 4.80. The van der Waals surface area contributed by atoms with Crippen LogP contribution in [0, 0.1) is 0 Å². The molecule has 0 saturated heterocycles. The smallest absolute Gasteiger partial charge is 0.481 e. The first-order valence-corrected chi connectivity index (χ1v) is 3.41. The molecule has 2 N–H and O–H groups in total. The van der Waals surface area contributed by atoms with Crippen LogP contribution in [0.4, 0.5) is 13.2 Å². The van der Waals surface area contributed by atoms with Crippen molar-refractivity contribution >= 4 is 11.9 Å². The normalized spacial score (nSPS) is 13.6. The number of alkyl halides is 3. The van der Waals surface area contributed by atoms with Gasteiger partial charge in [0.25, 0.3) is 0 Å². The first kappa shape index (κ1) is 12.7. The van der Waals surface area contributed by atoms with Crippen LogP contribution >= 0.6 is 0 Å². The molecule has 0 aliphatic heterocycles. The zero-order chi connectivity index (χ0) is 11.4. The Labute approximate surface area is 76.1 Å². The zero-order valence-corrected chi connectivity index (χ0v) is 6.74. The molecule has 0 spiro atoms. The summed E-state index contributed by atoms with van der Waals surface area (Å²) < 4.78 is 37.9. The number of carbonyl (C=O) groups is 2. The second-order valence-corrected chi connectivity index (χ2v) is 2.32.